The molecule has 2 N–H and O–H groups in total. The third kappa shape index (κ3) is 8.68. The predicted molar refractivity (Wildman–Crippen MR) is 118 cm³/mol. The minimum Gasteiger partial charge on any atom is -0.468 e. The van der Waals surface area contributed by atoms with Gasteiger partial charge >= 0.3 is 12.1 Å². The highest BCUT2D eigenvalue weighted by molar-refractivity contribution is 5.91. The summed E-state index contributed by atoms with van der Waals surface area (Å²) in [6.45, 7) is 6.50. The number of alkyl carbamates (subject to hydrolysis) is 1. The zero-order valence-corrected chi connectivity index (χ0v) is 19.2. The first-order valence-electron chi connectivity index (χ1n) is 10.2. The molecule has 0 bridgehead atoms. The number of hydrogen-bond donors (Lipinski definition) is 2. The van der Waals surface area contributed by atoms with E-state index in [2.05, 4.69) is 21.3 Å². The standard InChI is InChI=1S/C23H31N3O6/c1-7-13-26(18(27)14-25-22(30)32-23(3,4)5)20(21(29)24-15-19(28)31-6)17-11-9-16(8-2)10-12-17/h2,9-12,20H,7,13-15H2,1,3-6H3,(H,24,29)(H,25,30). The molecule has 174 valence electrons. The predicted octanol–water partition coefficient (Wildman–Crippen LogP) is 1.76. The van der Waals surface area contributed by atoms with Crippen LogP contribution in [0.1, 0.15) is 51.3 Å². The van der Waals surface area contributed by atoms with Gasteiger partial charge in [0, 0.05) is 12.1 Å². The van der Waals surface area contributed by atoms with Crippen molar-refractivity contribution in [1.82, 2.24) is 15.5 Å². The van der Waals surface area contributed by atoms with Gasteiger partial charge in [-0.3, -0.25) is 14.4 Å². The minimum absolute atomic E-state index is 0.238. The van der Waals surface area contributed by atoms with Gasteiger partial charge in [-0.1, -0.05) is 25.0 Å². The highest BCUT2D eigenvalue weighted by atomic mass is 16.6. The Balaban J connectivity index is 3.14. The molecule has 0 heterocycles. The number of esters is 1. The van der Waals surface area contributed by atoms with E-state index in [1.54, 1.807) is 45.0 Å². The van der Waals surface area contributed by atoms with Crippen molar-refractivity contribution in [2.24, 2.45) is 0 Å². The number of rotatable bonds is 9. The van der Waals surface area contributed by atoms with Crippen LogP contribution in [0.25, 0.3) is 0 Å². The molecule has 1 atom stereocenters. The first-order chi connectivity index (χ1) is 15.0. The highest BCUT2D eigenvalue weighted by Crippen LogP contribution is 2.22. The van der Waals surface area contributed by atoms with Crippen LogP contribution in [0.15, 0.2) is 24.3 Å². The van der Waals surface area contributed by atoms with Crippen molar-refractivity contribution in [3.63, 3.8) is 0 Å². The van der Waals surface area contributed by atoms with Gasteiger partial charge in [0.1, 0.15) is 24.7 Å². The van der Waals surface area contributed by atoms with Crippen molar-refractivity contribution >= 4 is 23.9 Å². The van der Waals surface area contributed by atoms with E-state index in [1.807, 2.05) is 6.92 Å². The van der Waals surface area contributed by atoms with Crippen LogP contribution in [0.2, 0.25) is 0 Å². The quantitative estimate of drug-likeness (QED) is 0.442. The largest absolute Gasteiger partial charge is 0.468 e. The van der Waals surface area contributed by atoms with Crippen molar-refractivity contribution in [2.75, 3.05) is 26.7 Å². The molecule has 0 fully saturated rings. The monoisotopic (exact) mass is 445 g/mol. The topological polar surface area (TPSA) is 114 Å². The van der Waals surface area contributed by atoms with Gasteiger partial charge in [-0.05, 0) is 44.9 Å². The fourth-order valence-electron chi connectivity index (χ4n) is 2.76. The SMILES string of the molecule is C#Cc1ccc(C(C(=O)NCC(=O)OC)N(CCC)C(=O)CNC(=O)OC(C)(C)C)cc1. The van der Waals surface area contributed by atoms with E-state index < -0.39 is 35.5 Å². The second kappa shape index (κ2) is 12.3. The van der Waals surface area contributed by atoms with E-state index in [0.717, 1.165) is 0 Å². The Labute approximate surface area is 188 Å². The van der Waals surface area contributed by atoms with E-state index in [1.165, 1.54) is 12.0 Å². The van der Waals surface area contributed by atoms with E-state index in [-0.39, 0.29) is 19.6 Å². The second-order valence-electron chi connectivity index (χ2n) is 7.91. The van der Waals surface area contributed by atoms with Gasteiger partial charge in [0.15, 0.2) is 0 Å². The maximum atomic E-state index is 13.0. The van der Waals surface area contributed by atoms with Crippen LogP contribution < -0.4 is 10.6 Å². The smallest absolute Gasteiger partial charge is 0.408 e. The summed E-state index contributed by atoms with van der Waals surface area (Å²) in [6.07, 6.45) is 5.22. The zero-order chi connectivity index (χ0) is 24.3. The number of nitrogens with one attached hydrogen (secondary N) is 2. The number of amides is 3. The van der Waals surface area contributed by atoms with Crippen LogP contribution in [0, 0.1) is 12.3 Å². The lowest BCUT2D eigenvalue weighted by molar-refractivity contribution is -0.143. The number of terminal acetylenes is 1. The molecule has 1 unspecified atom stereocenters. The number of carbonyl (C=O) groups excluding carboxylic acids is 4. The first-order valence-corrected chi connectivity index (χ1v) is 10.2. The summed E-state index contributed by atoms with van der Waals surface area (Å²) in [5, 5.41) is 4.91. The Morgan fingerprint density at radius 3 is 2.22 bits per heavy atom. The lowest BCUT2D eigenvalue weighted by atomic mass is 10.0. The van der Waals surface area contributed by atoms with Crippen molar-refractivity contribution in [1.29, 1.82) is 0 Å². The van der Waals surface area contributed by atoms with Crippen LogP contribution >= 0.6 is 0 Å². The van der Waals surface area contributed by atoms with E-state index >= 15 is 0 Å². The summed E-state index contributed by atoms with van der Waals surface area (Å²) >= 11 is 0. The summed E-state index contributed by atoms with van der Waals surface area (Å²) in [6, 6.07) is 5.57. The van der Waals surface area contributed by atoms with Crippen molar-refractivity contribution in [3.05, 3.63) is 35.4 Å². The zero-order valence-electron chi connectivity index (χ0n) is 19.2. The fraction of sp³-hybridized carbons (Fsp3) is 0.478. The van der Waals surface area contributed by atoms with E-state index in [0.29, 0.717) is 17.5 Å². The Hall–Kier alpha value is -3.54. The molecule has 32 heavy (non-hydrogen) atoms. The first kappa shape index (κ1) is 26.5. The number of carbonyl (C=O) groups is 4. The molecule has 0 saturated carbocycles. The molecule has 9 nitrogen and oxygen atoms in total. The Morgan fingerprint density at radius 1 is 1.09 bits per heavy atom. The van der Waals surface area contributed by atoms with Crippen LogP contribution in [0.3, 0.4) is 0 Å². The molecule has 0 aliphatic carbocycles. The number of benzene rings is 1. The highest BCUT2D eigenvalue weighted by Gasteiger charge is 2.31. The fourth-order valence-corrected chi connectivity index (χ4v) is 2.76. The maximum absolute atomic E-state index is 13.0. The summed E-state index contributed by atoms with van der Waals surface area (Å²) in [5.74, 6) is 0.814. The maximum Gasteiger partial charge on any atom is 0.408 e. The van der Waals surface area contributed by atoms with Gasteiger partial charge in [-0.25, -0.2) is 4.79 Å². The Kier molecular flexibility index (Phi) is 10.2. The summed E-state index contributed by atoms with van der Waals surface area (Å²) in [7, 11) is 1.21. The van der Waals surface area contributed by atoms with Crippen LogP contribution in [0.5, 0.6) is 0 Å². The van der Waals surface area contributed by atoms with Gasteiger partial charge in [0.05, 0.1) is 7.11 Å². The number of ether oxygens (including phenoxy) is 2. The van der Waals surface area contributed by atoms with Gasteiger partial charge in [-0.15, -0.1) is 6.42 Å². The van der Waals surface area contributed by atoms with Crippen LogP contribution in [-0.2, 0) is 23.9 Å². The lowest BCUT2D eigenvalue weighted by Gasteiger charge is -2.31. The molecule has 3 amide bonds. The van der Waals surface area contributed by atoms with Gasteiger partial charge in [0.25, 0.3) is 0 Å². The number of hydrogen-bond acceptors (Lipinski definition) is 6. The van der Waals surface area contributed by atoms with Crippen molar-refractivity contribution in [2.45, 2.75) is 45.8 Å². The molecule has 0 spiro atoms. The molecule has 1 aromatic rings. The average Bonchev–Trinajstić information content (AvgIpc) is 2.74. The third-order valence-corrected chi connectivity index (χ3v) is 4.16. The normalized spacial score (nSPS) is 11.5. The second-order valence-corrected chi connectivity index (χ2v) is 7.91. The summed E-state index contributed by atoms with van der Waals surface area (Å²) in [5.41, 5.74) is 0.401. The molecule has 0 radical (unpaired) electrons. The number of nitrogens with zero attached hydrogens (tertiary/aromatic N) is 1. The van der Waals surface area contributed by atoms with Gasteiger partial charge in [0.2, 0.25) is 11.8 Å². The molecule has 1 aromatic carbocycles. The molecule has 0 aromatic heterocycles. The Morgan fingerprint density at radius 2 is 1.72 bits per heavy atom. The number of methoxy groups -OCH3 is 1. The molecular formula is C23H31N3O6. The Bertz CT molecular complexity index is 852. The van der Waals surface area contributed by atoms with Gasteiger partial charge < -0.3 is 25.0 Å². The van der Waals surface area contributed by atoms with Gasteiger partial charge in [-0.2, -0.15) is 0 Å². The van der Waals surface area contributed by atoms with Crippen molar-refractivity contribution in [3.8, 4) is 12.3 Å². The lowest BCUT2D eigenvalue weighted by Crippen LogP contribution is -2.48. The molecule has 0 aliphatic rings. The van der Waals surface area contributed by atoms with Crippen LogP contribution in [0.4, 0.5) is 4.79 Å². The molecule has 0 aliphatic heterocycles. The van der Waals surface area contributed by atoms with E-state index in [4.69, 9.17) is 11.2 Å². The summed E-state index contributed by atoms with van der Waals surface area (Å²) in [4.78, 5) is 50.8. The van der Waals surface area contributed by atoms with Crippen LogP contribution in [-0.4, -0.2) is 61.1 Å². The molecular weight excluding hydrogens is 414 g/mol. The molecule has 1 rings (SSSR count). The minimum atomic E-state index is -1.04. The third-order valence-electron chi connectivity index (χ3n) is 4.16. The van der Waals surface area contributed by atoms with E-state index in [9.17, 15) is 19.2 Å². The van der Waals surface area contributed by atoms with Crippen molar-refractivity contribution < 1.29 is 28.7 Å². The summed E-state index contributed by atoms with van der Waals surface area (Å²) < 4.78 is 9.71. The molecule has 9 heteroatoms. The molecule has 0 saturated heterocycles. The average molecular weight is 446 g/mol.